The van der Waals surface area contributed by atoms with E-state index in [4.69, 9.17) is 9.15 Å². The van der Waals surface area contributed by atoms with Gasteiger partial charge >= 0.3 is 5.97 Å². The SMILES string of the molecule is C=C1C(=O)Oc2cc(C)oc21. The lowest BCUT2D eigenvalue weighted by molar-refractivity contribution is -0.126. The fourth-order valence-electron chi connectivity index (χ4n) is 1.03. The molecule has 2 heterocycles. The smallest absolute Gasteiger partial charge is 0.347 e. The van der Waals surface area contributed by atoms with E-state index < -0.39 is 5.97 Å². The fourth-order valence-corrected chi connectivity index (χ4v) is 1.03. The van der Waals surface area contributed by atoms with Crippen LogP contribution in [0.15, 0.2) is 17.1 Å². The quantitative estimate of drug-likeness (QED) is 0.415. The van der Waals surface area contributed by atoms with Gasteiger partial charge in [-0.3, -0.25) is 0 Å². The minimum Gasteiger partial charge on any atom is -0.457 e. The molecule has 2 rings (SSSR count). The number of esters is 1. The van der Waals surface area contributed by atoms with Gasteiger partial charge in [0, 0.05) is 6.07 Å². The van der Waals surface area contributed by atoms with E-state index in [9.17, 15) is 4.79 Å². The Labute approximate surface area is 63.3 Å². The van der Waals surface area contributed by atoms with Crippen molar-refractivity contribution in [1.29, 1.82) is 0 Å². The zero-order valence-electron chi connectivity index (χ0n) is 6.01. The number of aryl methyl sites for hydroxylation is 1. The monoisotopic (exact) mass is 150 g/mol. The number of rotatable bonds is 0. The summed E-state index contributed by atoms with van der Waals surface area (Å²) >= 11 is 0. The molecule has 11 heavy (non-hydrogen) atoms. The average Bonchev–Trinajstić information content (AvgIpc) is 2.37. The van der Waals surface area contributed by atoms with Crippen LogP contribution in [0.4, 0.5) is 0 Å². The number of hydrogen-bond acceptors (Lipinski definition) is 3. The van der Waals surface area contributed by atoms with Crippen LogP contribution < -0.4 is 4.74 Å². The number of hydrogen-bond donors (Lipinski definition) is 0. The van der Waals surface area contributed by atoms with E-state index in [0.29, 0.717) is 17.1 Å². The summed E-state index contributed by atoms with van der Waals surface area (Å²) in [6.07, 6.45) is 0. The highest BCUT2D eigenvalue weighted by Gasteiger charge is 2.29. The van der Waals surface area contributed by atoms with E-state index in [2.05, 4.69) is 6.58 Å². The Morgan fingerprint density at radius 2 is 2.27 bits per heavy atom. The van der Waals surface area contributed by atoms with Crippen molar-refractivity contribution < 1.29 is 13.9 Å². The van der Waals surface area contributed by atoms with Gasteiger partial charge in [-0.1, -0.05) is 6.58 Å². The molecule has 0 unspecified atom stereocenters. The second kappa shape index (κ2) is 1.75. The van der Waals surface area contributed by atoms with Gasteiger partial charge in [0.05, 0.1) is 5.57 Å². The molecule has 0 bridgehead atoms. The third-order valence-electron chi connectivity index (χ3n) is 1.54. The lowest BCUT2D eigenvalue weighted by Gasteiger charge is -1.87. The Morgan fingerprint density at radius 1 is 1.55 bits per heavy atom. The number of carbonyl (C=O) groups excluding carboxylic acids is 1. The standard InChI is InChI=1S/C8H6O3/c1-4-3-6-7(10-4)5(2)8(9)11-6/h3H,2H2,1H3. The molecule has 0 aliphatic carbocycles. The van der Waals surface area contributed by atoms with Crippen molar-refractivity contribution in [2.24, 2.45) is 0 Å². The Bertz CT molecular complexity index is 346. The predicted molar refractivity (Wildman–Crippen MR) is 38.1 cm³/mol. The third-order valence-corrected chi connectivity index (χ3v) is 1.54. The fraction of sp³-hybridized carbons (Fsp3) is 0.125. The minimum absolute atomic E-state index is 0.299. The van der Waals surface area contributed by atoms with Gasteiger partial charge in [-0.2, -0.15) is 0 Å². The number of fused-ring (bicyclic) bond motifs is 1. The van der Waals surface area contributed by atoms with Crippen molar-refractivity contribution in [3.63, 3.8) is 0 Å². The summed E-state index contributed by atoms with van der Waals surface area (Å²) in [7, 11) is 0. The lowest BCUT2D eigenvalue weighted by atomic mass is 10.3. The van der Waals surface area contributed by atoms with Gasteiger partial charge in [0.1, 0.15) is 5.76 Å². The number of carbonyl (C=O) groups is 1. The summed E-state index contributed by atoms with van der Waals surface area (Å²) in [5.74, 6) is 1.26. The number of ether oxygens (including phenoxy) is 1. The molecule has 1 aromatic heterocycles. The highest BCUT2D eigenvalue weighted by Crippen LogP contribution is 2.35. The second-order valence-electron chi connectivity index (χ2n) is 2.42. The van der Waals surface area contributed by atoms with Crippen LogP contribution in [-0.2, 0) is 4.79 Å². The molecular formula is C8H6O3. The normalized spacial score (nSPS) is 15.0. The predicted octanol–water partition coefficient (Wildman–Crippen LogP) is 1.52. The van der Waals surface area contributed by atoms with Crippen molar-refractivity contribution in [2.45, 2.75) is 6.92 Å². The molecule has 1 aromatic rings. The zero-order valence-corrected chi connectivity index (χ0v) is 6.01. The first-order valence-electron chi connectivity index (χ1n) is 3.20. The molecule has 0 amide bonds. The molecule has 56 valence electrons. The van der Waals surface area contributed by atoms with Crippen LogP contribution in [0.25, 0.3) is 5.57 Å². The van der Waals surface area contributed by atoms with Crippen LogP contribution in [-0.4, -0.2) is 5.97 Å². The minimum atomic E-state index is -0.418. The Morgan fingerprint density at radius 3 is 2.91 bits per heavy atom. The molecule has 3 heteroatoms. The average molecular weight is 150 g/mol. The van der Waals surface area contributed by atoms with E-state index in [-0.39, 0.29) is 0 Å². The Balaban J connectivity index is 2.60. The van der Waals surface area contributed by atoms with E-state index in [1.807, 2.05) is 0 Å². The van der Waals surface area contributed by atoms with Crippen LogP contribution in [0.2, 0.25) is 0 Å². The third kappa shape index (κ3) is 0.707. The highest BCUT2D eigenvalue weighted by molar-refractivity contribution is 6.19. The van der Waals surface area contributed by atoms with Crippen LogP contribution in [0, 0.1) is 6.92 Å². The van der Waals surface area contributed by atoms with Gasteiger partial charge in [0.15, 0.2) is 11.5 Å². The summed E-state index contributed by atoms with van der Waals surface area (Å²) < 4.78 is 9.97. The molecule has 0 atom stereocenters. The maximum absolute atomic E-state index is 10.8. The highest BCUT2D eigenvalue weighted by atomic mass is 16.6. The second-order valence-corrected chi connectivity index (χ2v) is 2.42. The molecule has 0 radical (unpaired) electrons. The summed E-state index contributed by atoms with van der Waals surface area (Å²) in [5, 5.41) is 0. The molecule has 1 aliphatic heterocycles. The van der Waals surface area contributed by atoms with Crippen molar-refractivity contribution in [2.75, 3.05) is 0 Å². The molecule has 0 aromatic carbocycles. The molecule has 0 saturated carbocycles. The number of furan rings is 1. The molecule has 0 spiro atoms. The Kier molecular flexibility index (Phi) is 0.990. The van der Waals surface area contributed by atoms with Crippen molar-refractivity contribution >= 4 is 11.5 Å². The molecule has 3 nitrogen and oxygen atoms in total. The summed E-state index contributed by atoms with van der Waals surface area (Å²) in [6.45, 7) is 5.31. The van der Waals surface area contributed by atoms with Crippen LogP contribution in [0.1, 0.15) is 11.5 Å². The summed E-state index contributed by atoms with van der Waals surface area (Å²) in [5.41, 5.74) is 0.299. The van der Waals surface area contributed by atoms with Crippen molar-refractivity contribution in [3.8, 4) is 5.75 Å². The first kappa shape index (κ1) is 6.22. The zero-order chi connectivity index (χ0) is 8.01. The molecular weight excluding hydrogens is 144 g/mol. The maximum atomic E-state index is 10.8. The van der Waals surface area contributed by atoms with E-state index in [0.717, 1.165) is 5.76 Å². The van der Waals surface area contributed by atoms with Gasteiger partial charge in [0.25, 0.3) is 0 Å². The van der Waals surface area contributed by atoms with Crippen LogP contribution >= 0.6 is 0 Å². The Hall–Kier alpha value is -1.51. The van der Waals surface area contributed by atoms with Gasteiger partial charge < -0.3 is 9.15 Å². The van der Waals surface area contributed by atoms with Gasteiger partial charge in [-0.15, -0.1) is 0 Å². The van der Waals surface area contributed by atoms with Gasteiger partial charge in [0.2, 0.25) is 0 Å². The molecule has 1 aliphatic rings. The lowest BCUT2D eigenvalue weighted by Crippen LogP contribution is -1.99. The first-order chi connectivity index (χ1) is 5.18. The molecule has 0 N–H and O–H groups in total. The van der Waals surface area contributed by atoms with E-state index in [1.165, 1.54) is 0 Å². The van der Waals surface area contributed by atoms with Gasteiger partial charge in [-0.05, 0) is 6.92 Å². The van der Waals surface area contributed by atoms with Crippen molar-refractivity contribution in [1.82, 2.24) is 0 Å². The van der Waals surface area contributed by atoms with Crippen molar-refractivity contribution in [3.05, 3.63) is 24.2 Å². The maximum Gasteiger partial charge on any atom is 0.347 e. The summed E-state index contributed by atoms with van der Waals surface area (Å²) in [6, 6.07) is 1.67. The summed E-state index contributed by atoms with van der Waals surface area (Å²) in [4.78, 5) is 10.8. The van der Waals surface area contributed by atoms with E-state index in [1.54, 1.807) is 13.0 Å². The van der Waals surface area contributed by atoms with Crippen LogP contribution in [0.5, 0.6) is 5.75 Å². The molecule has 0 fully saturated rings. The molecule has 0 saturated heterocycles. The van der Waals surface area contributed by atoms with Crippen LogP contribution in [0.3, 0.4) is 0 Å². The topological polar surface area (TPSA) is 39.4 Å². The largest absolute Gasteiger partial charge is 0.457 e. The first-order valence-corrected chi connectivity index (χ1v) is 3.20. The van der Waals surface area contributed by atoms with Gasteiger partial charge in [-0.25, -0.2) is 4.79 Å². The van der Waals surface area contributed by atoms with E-state index >= 15 is 0 Å².